The molecule has 1 N–H and O–H groups in total. The number of nitrogens with zero attached hydrogens (tertiary/aromatic N) is 2. The number of ether oxygens (including phenoxy) is 1. The number of hydrazone groups is 1. The molecule has 1 saturated heterocycles. The van der Waals surface area contributed by atoms with Gasteiger partial charge in [-0.1, -0.05) is 66.7 Å². The Morgan fingerprint density at radius 2 is 1.56 bits per heavy atom. The summed E-state index contributed by atoms with van der Waals surface area (Å²) in [6, 6.07) is 22.2. The molecule has 1 atom stereocenters. The van der Waals surface area contributed by atoms with Gasteiger partial charge in [0.25, 0.3) is 5.91 Å². The summed E-state index contributed by atoms with van der Waals surface area (Å²) in [6.07, 6.45) is 1.43. The first-order chi connectivity index (χ1) is 15.4. The van der Waals surface area contributed by atoms with E-state index in [2.05, 4.69) is 15.2 Å². The maximum Gasteiger partial charge on any atom is 0.387 e. The number of urea groups is 1. The van der Waals surface area contributed by atoms with Gasteiger partial charge in [0.1, 0.15) is 11.3 Å². The molecule has 32 heavy (non-hydrogen) atoms. The molecule has 4 rings (SSSR count). The van der Waals surface area contributed by atoms with E-state index in [0.29, 0.717) is 11.1 Å². The molecule has 1 heterocycles. The van der Waals surface area contributed by atoms with Crippen molar-refractivity contribution in [3.8, 4) is 16.9 Å². The van der Waals surface area contributed by atoms with Gasteiger partial charge in [0.15, 0.2) is 0 Å². The lowest BCUT2D eigenvalue weighted by atomic mass is 9.92. The Morgan fingerprint density at radius 3 is 2.19 bits per heavy atom. The van der Waals surface area contributed by atoms with Crippen LogP contribution in [0.2, 0.25) is 0 Å². The quantitative estimate of drug-likeness (QED) is 0.449. The van der Waals surface area contributed by atoms with Crippen molar-refractivity contribution < 1.29 is 23.1 Å². The molecule has 0 spiro atoms. The van der Waals surface area contributed by atoms with Crippen molar-refractivity contribution in [2.24, 2.45) is 5.10 Å². The monoisotopic (exact) mass is 435 g/mol. The first-order valence-corrected chi connectivity index (χ1v) is 9.78. The summed E-state index contributed by atoms with van der Waals surface area (Å²) in [7, 11) is 0. The lowest BCUT2D eigenvalue weighted by Gasteiger charge is -2.21. The van der Waals surface area contributed by atoms with E-state index in [4.69, 9.17) is 0 Å². The maximum atomic E-state index is 12.9. The average molecular weight is 435 g/mol. The standard InChI is InChI=1S/C24H19F2N3O3/c1-24(19-11-13-20(14-12-19)32-22(25)26)21(30)29(23(31)28-24)27-15-16-7-9-18(10-8-16)17-5-3-2-4-6-17/h2-15,22H,1H3,(H,28,31)/b27-15-/t24-/m0/s1. The van der Waals surface area contributed by atoms with Crippen molar-refractivity contribution in [2.45, 2.75) is 19.1 Å². The Morgan fingerprint density at radius 1 is 0.938 bits per heavy atom. The van der Waals surface area contributed by atoms with Crippen molar-refractivity contribution in [1.29, 1.82) is 0 Å². The fourth-order valence-electron chi connectivity index (χ4n) is 3.41. The number of alkyl halides is 2. The number of nitrogens with one attached hydrogen (secondary N) is 1. The van der Waals surface area contributed by atoms with Crippen LogP contribution >= 0.6 is 0 Å². The summed E-state index contributed by atoms with van der Waals surface area (Å²) < 4.78 is 29.0. The molecule has 8 heteroatoms. The number of carbonyl (C=O) groups is 2. The van der Waals surface area contributed by atoms with E-state index in [1.165, 1.54) is 37.4 Å². The third kappa shape index (κ3) is 4.20. The predicted molar refractivity (Wildman–Crippen MR) is 115 cm³/mol. The fraction of sp³-hybridized carbons (Fsp3) is 0.125. The Bertz CT molecular complexity index is 1150. The normalized spacial score (nSPS) is 18.4. The molecule has 0 aromatic heterocycles. The molecule has 162 valence electrons. The Kier molecular flexibility index (Phi) is 5.68. The smallest absolute Gasteiger partial charge is 0.387 e. The predicted octanol–water partition coefficient (Wildman–Crippen LogP) is 4.76. The van der Waals surface area contributed by atoms with Crippen LogP contribution in [-0.4, -0.2) is 29.8 Å². The highest BCUT2D eigenvalue weighted by atomic mass is 19.3. The van der Waals surface area contributed by atoms with Crippen LogP contribution < -0.4 is 10.1 Å². The van der Waals surface area contributed by atoms with E-state index in [0.717, 1.165) is 16.1 Å². The minimum atomic E-state index is -2.95. The molecule has 1 aliphatic rings. The van der Waals surface area contributed by atoms with E-state index in [1.807, 2.05) is 54.6 Å². The minimum Gasteiger partial charge on any atom is -0.435 e. The van der Waals surface area contributed by atoms with Gasteiger partial charge in [0.2, 0.25) is 0 Å². The lowest BCUT2D eigenvalue weighted by molar-refractivity contribution is -0.131. The van der Waals surface area contributed by atoms with Gasteiger partial charge in [0, 0.05) is 0 Å². The van der Waals surface area contributed by atoms with Crippen LogP contribution in [0.5, 0.6) is 5.75 Å². The molecule has 0 unspecified atom stereocenters. The zero-order valence-electron chi connectivity index (χ0n) is 17.0. The number of imide groups is 1. The zero-order chi connectivity index (χ0) is 22.7. The second-order valence-corrected chi connectivity index (χ2v) is 7.31. The van der Waals surface area contributed by atoms with Crippen LogP contribution in [0.4, 0.5) is 13.6 Å². The molecule has 0 saturated carbocycles. The minimum absolute atomic E-state index is 0.0436. The van der Waals surface area contributed by atoms with E-state index in [1.54, 1.807) is 0 Å². The molecular weight excluding hydrogens is 416 g/mol. The topological polar surface area (TPSA) is 71.0 Å². The van der Waals surface area contributed by atoms with Crippen LogP contribution in [0.25, 0.3) is 11.1 Å². The maximum absolute atomic E-state index is 12.9. The SMILES string of the molecule is C[C@@]1(c2ccc(OC(F)F)cc2)NC(=O)N(/N=C\c2ccc(-c3ccccc3)cc2)C1=O. The van der Waals surface area contributed by atoms with Crippen LogP contribution in [0, 0.1) is 0 Å². The first kappa shape index (κ1) is 21.2. The van der Waals surface area contributed by atoms with E-state index >= 15 is 0 Å². The first-order valence-electron chi connectivity index (χ1n) is 9.78. The van der Waals surface area contributed by atoms with Crippen LogP contribution in [0.15, 0.2) is 84.0 Å². The third-order valence-corrected chi connectivity index (χ3v) is 5.17. The van der Waals surface area contributed by atoms with Crippen LogP contribution in [0.3, 0.4) is 0 Å². The summed E-state index contributed by atoms with van der Waals surface area (Å²) in [5.74, 6) is -0.625. The highest BCUT2D eigenvalue weighted by Gasteiger charge is 2.49. The van der Waals surface area contributed by atoms with E-state index in [-0.39, 0.29) is 5.75 Å². The van der Waals surface area contributed by atoms with Gasteiger partial charge in [-0.15, -0.1) is 5.01 Å². The number of hydrogen-bond donors (Lipinski definition) is 1. The van der Waals surface area contributed by atoms with E-state index < -0.39 is 24.1 Å². The second-order valence-electron chi connectivity index (χ2n) is 7.31. The van der Waals surface area contributed by atoms with E-state index in [9.17, 15) is 18.4 Å². The van der Waals surface area contributed by atoms with Gasteiger partial charge in [-0.25, -0.2) is 4.79 Å². The number of amides is 3. The summed E-state index contributed by atoms with van der Waals surface area (Å²) in [5.41, 5.74) is 1.86. The molecule has 3 aromatic carbocycles. The average Bonchev–Trinajstić information content (AvgIpc) is 3.02. The van der Waals surface area contributed by atoms with Crippen molar-refractivity contribution in [3.05, 3.63) is 90.0 Å². The summed E-state index contributed by atoms with van der Waals surface area (Å²) in [5, 5.41) is 7.43. The van der Waals surface area contributed by atoms with Gasteiger partial charge < -0.3 is 10.1 Å². The largest absolute Gasteiger partial charge is 0.435 e. The van der Waals surface area contributed by atoms with Crippen molar-refractivity contribution in [3.63, 3.8) is 0 Å². The van der Waals surface area contributed by atoms with Gasteiger partial charge in [0.05, 0.1) is 6.21 Å². The summed E-state index contributed by atoms with van der Waals surface area (Å²) in [6.45, 7) is -1.42. The number of carbonyl (C=O) groups excluding carboxylic acids is 2. The molecule has 3 aromatic rings. The van der Waals surface area contributed by atoms with Gasteiger partial charge in [-0.2, -0.15) is 13.9 Å². The molecule has 1 fully saturated rings. The fourth-order valence-corrected chi connectivity index (χ4v) is 3.41. The molecule has 0 bridgehead atoms. The molecule has 0 radical (unpaired) electrons. The Balaban J connectivity index is 1.49. The Labute approximate surface area is 183 Å². The summed E-state index contributed by atoms with van der Waals surface area (Å²) >= 11 is 0. The third-order valence-electron chi connectivity index (χ3n) is 5.17. The highest BCUT2D eigenvalue weighted by Crippen LogP contribution is 2.30. The van der Waals surface area contributed by atoms with Crippen LogP contribution in [0.1, 0.15) is 18.1 Å². The Hall–Kier alpha value is -4.07. The molecule has 1 aliphatic heterocycles. The molecule has 3 amide bonds. The number of rotatable bonds is 6. The zero-order valence-corrected chi connectivity index (χ0v) is 17.0. The number of halogens is 2. The number of hydrogen-bond acceptors (Lipinski definition) is 4. The highest BCUT2D eigenvalue weighted by molar-refractivity contribution is 6.07. The van der Waals surface area contributed by atoms with Crippen molar-refractivity contribution in [1.82, 2.24) is 10.3 Å². The van der Waals surface area contributed by atoms with Gasteiger partial charge in [-0.05, 0) is 41.3 Å². The van der Waals surface area contributed by atoms with Crippen molar-refractivity contribution in [2.75, 3.05) is 0 Å². The number of benzene rings is 3. The van der Waals surface area contributed by atoms with Crippen LogP contribution in [-0.2, 0) is 10.3 Å². The molecular formula is C24H19F2N3O3. The molecule has 6 nitrogen and oxygen atoms in total. The van der Waals surface area contributed by atoms with Gasteiger partial charge in [-0.3, -0.25) is 4.79 Å². The summed E-state index contributed by atoms with van der Waals surface area (Å²) in [4.78, 5) is 25.3. The van der Waals surface area contributed by atoms with Crippen molar-refractivity contribution >= 4 is 18.2 Å². The van der Waals surface area contributed by atoms with Gasteiger partial charge >= 0.3 is 12.6 Å². The molecule has 0 aliphatic carbocycles. The second kappa shape index (κ2) is 8.58. The lowest BCUT2D eigenvalue weighted by Crippen LogP contribution is -2.40.